The highest BCUT2D eigenvalue weighted by Gasteiger charge is 2.53. The predicted molar refractivity (Wildman–Crippen MR) is 136 cm³/mol. The minimum Gasteiger partial charge on any atom is -0.405 e. The van der Waals surface area contributed by atoms with E-state index in [2.05, 4.69) is 8.62 Å². The Morgan fingerprint density at radius 1 is 1.07 bits per heavy atom. The summed E-state index contributed by atoms with van der Waals surface area (Å²) >= 11 is 0. The molecule has 2 heterocycles. The number of Topliss-reactive ketones (excluding diaryl/α,β-unsaturated/α-hetero) is 1. The Labute approximate surface area is 231 Å². The second-order valence-electron chi connectivity index (χ2n) is 8.61. The Morgan fingerprint density at radius 3 is 2.32 bits per heavy atom. The number of aromatic amines is 1. The van der Waals surface area contributed by atoms with Crippen LogP contribution in [0.5, 0.6) is 0 Å². The largest absolute Gasteiger partial charge is 0.490 e. The van der Waals surface area contributed by atoms with Crippen molar-refractivity contribution in [3.63, 3.8) is 0 Å². The van der Waals surface area contributed by atoms with Gasteiger partial charge in [-0.05, 0) is 32.0 Å². The fourth-order valence-corrected chi connectivity index (χ4v) is 6.91. The van der Waals surface area contributed by atoms with E-state index in [-0.39, 0.29) is 31.4 Å². The van der Waals surface area contributed by atoms with Crippen molar-refractivity contribution in [2.45, 2.75) is 62.7 Å². The van der Waals surface area contributed by atoms with Crippen molar-refractivity contribution in [3.8, 4) is 0 Å². The van der Waals surface area contributed by atoms with E-state index in [1.165, 1.54) is 6.08 Å². The number of phosphoric ester groups is 1. The van der Waals surface area contributed by atoms with E-state index in [1.54, 1.807) is 0 Å². The topological polar surface area (TPSA) is 333 Å². The molecular formula is C18H31N4O16P3. The summed E-state index contributed by atoms with van der Waals surface area (Å²) in [5.41, 5.74) is 8.73. The van der Waals surface area contributed by atoms with Crippen molar-refractivity contribution in [2.75, 3.05) is 6.54 Å². The highest BCUT2D eigenvalue weighted by molar-refractivity contribution is 7.66. The molecule has 1 aromatic rings. The summed E-state index contributed by atoms with van der Waals surface area (Å²) in [6.45, 7) is 0.286. The van der Waals surface area contributed by atoms with Crippen molar-refractivity contribution in [2.24, 2.45) is 11.5 Å². The number of aliphatic hydroxyl groups is 2. The molecule has 20 nitrogen and oxygen atoms in total. The molecule has 23 heteroatoms. The second kappa shape index (κ2) is 14.5. The molecule has 1 aliphatic heterocycles. The number of allylic oxidation sites excluding steroid dienone is 1. The fourth-order valence-electron chi connectivity index (χ4n) is 3.73. The van der Waals surface area contributed by atoms with E-state index in [0.29, 0.717) is 17.4 Å². The lowest BCUT2D eigenvalue weighted by molar-refractivity contribution is -0.140. The number of nitrogens with zero attached hydrogens (tertiary/aromatic N) is 1. The number of ketones is 1. The van der Waals surface area contributed by atoms with Crippen LogP contribution in [0.2, 0.25) is 0 Å². The van der Waals surface area contributed by atoms with E-state index in [0.717, 1.165) is 12.4 Å². The van der Waals surface area contributed by atoms with Gasteiger partial charge in [-0.2, -0.15) is 8.62 Å². The number of hydrogen-bond donors (Lipinski definition) is 9. The van der Waals surface area contributed by atoms with E-state index >= 15 is 0 Å². The molecule has 0 saturated carbocycles. The summed E-state index contributed by atoms with van der Waals surface area (Å²) in [4.78, 5) is 76.4. The fraction of sp³-hybridized carbons (Fsp3) is 0.611. The first-order chi connectivity index (χ1) is 18.9. The van der Waals surface area contributed by atoms with Crippen LogP contribution in [0.15, 0.2) is 28.1 Å². The molecule has 1 fully saturated rings. The van der Waals surface area contributed by atoms with E-state index < -0.39 is 71.1 Å². The van der Waals surface area contributed by atoms with Crippen LogP contribution in [0.25, 0.3) is 0 Å². The van der Waals surface area contributed by atoms with Gasteiger partial charge in [-0.1, -0.05) is 12.5 Å². The predicted octanol–water partition coefficient (Wildman–Crippen LogP) is -2.03. The summed E-state index contributed by atoms with van der Waals surface area (Å²) in [6.07, 6.45) is -6.14. The molecule has 1 aliphatic rings. The zero-order valence-electron chi connectivity index (χ0n) is 21.1. The van der Waals surface area contributed by atoms with Gasteiger partial charge in [0.05, 0.1) is 0 Å². The van der Waals surface area contributed by atoms with Crippen LogP contribution in [-0.2, 0) is 42.8 Å². The smallest absolute Gasteiger partial charge is 0.405 e. The normalized spacial score (nSPS) is 25.1. The Bertz CT molecular complexity index is 1360. The van der Waals surface area contributed by atoms with Gasteiger partial charge < -0.3 is 46.0 Å². The Balaban J connectivity index is 2.42. The average molecular weight is 652 g/mol. The monoisotopic (exact) mass is 652 g/mol. The first-order valence-corrected chi connectivity index (χ1v) is 16.2. The zero-order valence-corrected chi connectivity index (χ0v) is 23.8. The molecule has 1 saturated heterocycles. The Morgan fingerprint density at radius 2 is 1.73 bits per heavy atom. The lowest BCUT2D eigenvalue weighted by atomic mass is 9.99. The third kappa shape index (κ3) is 10.4. The third-order valence-electron chi connectivity index (χ3n) is 5.47. The van der Waals surface area contributed by atoms with Crippen LogP contribution >= 0.6 is 23.5 Å². The molecule has 2 rings (SSSR count). The van der Waals surface area contributed by atoms with Crippen LogP contribution in [0.3, 0.4) is 0 Å². The SMILES string of the molecule is NC=CCc1cn([C@@H]2O[C@H](C(OP(=O)(O)OP(=O)(O)OP(=O)(O)O)C(=O)CCCCCN)[C@@H](O)[C@H]2O)c(=O)[nH]c1=O. The van der Waals surface area contributed by atoms with Gasteiger partial charge in [0, 0.05) is 18.2 Å². The van der Waals surface area contributed by atoms with Crippen LogP contribution in [0.1, 0.15) is 37.5 Å². The number of carbonyl (C=O) groups excluding carboxylic acids is 1. The highest BCUT2D eigenvalue weighted by Crippen LogP contribution is 2.66. The molecule has 234 valence electrons. The maximum absolute atomic E-state index is 13.0. The number of rotatable bonds is 16. The minimum atomic E-state index is -5.97. The first-order valence-electron chi connectivity index (χ1n) is 11.7. The van der Waals surface area contributed by atoms with Crippen molar-refractivity contribution < 1.29 is 66.2 Å². The number of aromatic nitrogens is 2. The maximum Gasteiger partial charge on any atom is 0.490 e. The van der Waals surface area contributed by atoms with Crippen LogP contribution in [-0.4, -0.2) is 76.1 Å². The van der Waals surface area contributed by atoms with E-state index in [4.69, 9.17) is 30.5 Å². The molecule has 0 aromatic carbocycles. The quantitative estimate of drug-likeness (QED) is 0.0686. The lowest BCUT2D eigenvalue weighted by Gasteiger charge is -2.26. The van der Waals surface area contributed by atoms with E-state index in [1.807, 2.05) is 4.98 Å². The third-order valence-corrected chi connectivity index (χ3v) is 9.29. The molecule has 41 heavy (non-hydrogen) atoms. The molecule has 0 aliphatic carbocycles. The molecule has 11 N–H and O–H groups in total. The number of phosphoric acid groups is 3. The number of nitrogens with two attached hydrogens (primary N) is 2. The van der Waals surface area contributed by atoms with Crippen LogP contribution < -0.4 is 22.7 Å². The van der Waals surface area contributed by atoms with Crippen molar-refractivity contribution in [3.05, 3.63) is 44.9 Å². The number of nitrogens with one attached hydrogen (secondary N) is 1. The molecule has 3 unspecified atom stereocenters. The number of ether oxygens (including phenoxy) is 1. The van der Waals surface area contributed by atoms with Gasteiger partial charge in [0.25, 0.3) is 5.56 Å². The number of aliphatic hydroxyl groups excluding tert-OH is 2. The number of unbranched alkanes of at least 4 members (excludes halogenated alkanes) is 2. The molecular weight excluding hydrogens is 621 g/mol. The maximum atomic E-state index is 13.0. The minimum absolute atomic E-state index is 0.0270. The number of hydrogen-bond acceptors (Lipinski definition) is 14. The lowest BCUT2D eigenvalue weighted by Crippen LogP contribution is -2.44. The number of H-pyrrole nitrogens is 1. The van der Waals surface area contributed by atoms with Crippen LogP contribution in [0, 0.1) is 0 Å². The highest BCUT2D eigenvalue weighted by atomic mass is 31.3. The van der Waals surface area contributed by atoms with Gasteiger partial charge in [0.2, 0.25) is 0 Å². The van der Waals surface area contributed by atoms with Gasteiger partial charge >= 0.3 is 29.2 Å². The molecule has 7 atom stereocenters. The Kier molecular flexibility index (Phi) is 12.5. The summed E-state index contributed by atoms with van der Waals surface area (Å²) in [7, 11) is -17.6. The van der Waals surface area contributed by atoms with Gasteiger partial charge in [0.15, 0.2) is 18.1 Å². The molecule has 1 aromatic heterocycles. The summed E-state index contributed by atoms with van der Waals surface area (Å²) in [5.74, 6) is -1.04. The van der Waals surface area contributed by atoms with Crippen LogP contribution in [0.4, 0.5) is 0 Å². The van der Waals surface area contributed by atoms with Gasteiger partial charge in [0.1, 0.15) is 18.3 Å². The molecule has 0 spiro atoms. The summed E-state index contributed by atoms with van der Waals surface area (Å²) in [5, 5.41) is 21.3. The first kappa shape index (κ1) is 35.3. The molecule has 0 bridgehead atoms. The van der Waals surface area contributed by atoms with Crippen molar-refractivity contribution in [1.82, 2.24) is 9.55 Å². The Hall–Kier alpha value is -1.86. The standard InChI is InChI=1S/C18H31N4O16P3/c19-7-3-1-2-6-11(23)14(36-40(31,32)38-41(33,34)37-39(28,29)30)15-12(24)13(25)17(35-15)22-9-10(5-4-8-20)16(26)21-18(22)27/h4,8-9,12-15,17,24-25H,1-3,5-7,19-20H2,(H,31,32)(H,33,34)(H,21,26,27)(H2,28,29,30)/t12-,13+,14?,15-,17+/m0/s1. The molecule has 0 amide bonds. The van der Waals surface area contributed by atoms with E-state index in [9.17, 15) is 48.1 Å². The zero-order chi connectivity index (χ0) is 31.2. The van der Waals surface area contributed by atoms with Gasteiger partial charge in [-0.15, -0.1) is 0 Å². The average Bonchev–Trinajstić information content (AvgIpc) is 3.11. The van der Waals surface area contributed by atoms with Gasteiger partial charge in [-0.25, -0.2) is 18.5 Å². The number of carbonyl (C=O) groups is 1. The van der Waals surface area contributed by atoms with Gasteiger partial charge in [-0.3, -0.25) is 23.7 Å². The summed E-state index contributed by atoms with van der Waals surface area (Å²) < 4.78 is 53.3. The van der Waals surface area contributed by atoms with Crippen molar-refractivity contribution >= 4 is 29.3 Å². The van der Waals surface area contributed by atoms with Crippen molar-refractivity contribution in [1.29, 1.82) is 0 Å². The molecule has 0 radical (unpaired) electrons. The summed E-state index contributed by atoms with van der Waals surface area (Å²) in [6, 6.07) is 0. The second-order valence-corrected chi connectivity index (χ2v) is 13.0.